The zero-order valence-electron chi connectivity index (χ0n) is 13.0. The van der Waals surface area contributed by atoms with E-state index in [1.165, 1.54) is 38.8 Å². The second kappa shape index (κ2) is 6.49. The van der Waals surface area contributed by atoms with Gasteiger partial charge in [-0.2, -0.15) is 0 Å². The molecule has 2 unspecified atom stereocenters. The maximum absolute atomic E-state index is 6.26. The summed E-state index contributed by atoms with van der Waals surface area (Å²) >= 11 is 6.26. The van der Waals surface area contributed by atoms with Crippen LogP contribution in [0.5, 0.6) is 0 Å². The van der Waals surface area contributed by atoms with Crippen molar-refractivity contribution in [2.75, 3.05) is 18.4 Å². The lowest BCUT2D eigenvalue weighted by molar-refractivity contribution is 0.188. The molecule has 2 saturated heterocycles. The number of fused-ring (bicyclic) bond motifs is 1. The number of anilines is 1. The van der Waals surface area contributed by atoms with Gasteiger partial charge in [0, 0.05) is 30.6 Å². The van der Waals surface area contributed by atoms with Crippen molar-refractivity contribution in [3.05, 3.63) is 16.5 Å². The summed E-state index contributed by atoms with van der Waals surface area (Å²) in [4.78, 5) is 11.7. The Morgan fingerprint density at radius 3 is 2.95 bits per heavy atom. The van der Waals surface area contributed by atoms with E-state index in [1.807, 2.05) is 6.92 Å². The van der Waals surface area contributed by atoms with Gasteiger partial charge < -0.3 is 10.2 Å². The third-order valence-electron chi connectivity index (χ3n) is 4.77. The molecule has 2 fully saturated rings. The van der Waals surface area contributed by atoms with Crippen molar-refractivity contribution in [1.82, 2.24) is 14.9 Å². The van der Waals surface area contributed by atoms with Crippen LogP contribution in [0.2, 0.25) is 5.15 Å². The first-order valence-corrected chi connectivity index (χ1v) is 8.58. The van der Waals surface area contributed by atoms with E-state index in [2.05, 4.69) is 27.1 Å². The number of piperidine rings is 1. The van der Waals surface area contributed by atoms with Crippen molar-refractivity contribution < 1.29 is 0 Å². The molecule has 1 aromatic rings. The molecule has 0 aliphatic carbocycles. The molecular weight excluding hydrogens is 284 g/mol. The van der Waals surface area contributed by atoms with Crippen molar-refractivity contribution in [3.8, 4) is 0 Å². The number of hydrogen-bond donors (Lipinski definition) is 1. The first kappa shape index (κ1) is 15.0. The summed E-state index contributed by atoms with van der Waals surface area (Å²) in [7, 11) is 0. The number of halogens is 1. The van der Waals surface area contributed by atoms with Crippen LogP contribution in [-0.4, -0.2) is 40.0 Å². The number of rotatable bonds is 4. The molecule has 0 radical (unpaired) electrons. The summed E-state index contributed by atoms with van der Waals surface area (Å²) in [6.07, 6.45) is 7.05. The number of nitrogens with zero attached hydrogens (tertiary/aromatic N) is 3. The van der Waals surface area contributed by atoms with Gasteiger partial charge >= 0.3 is 0 Å². The third-order valence-corrected chi connectivity index (χ3v) is 5.14. The molecule has 116 valence electrons. The molecule has 0 aromatic carbocycles. The normalized spacial score (nSPS) is 25.9. The van der Waals surface area contributed by atoms with Crippen LogP contribution in [0.1, 0.15) is 50.4 Å². The molecule has 0 saturated carbocycles. The van der Waals surface area contributed by atoms with Crippen molar-refractivity contribution in [2.24, 2.45) is 0 Å². The van der Waals surface area contributed by atoms with E-state index in [0.717, 1.165) is 36.1 Å². The largest absolute Gasteiger partial charge is 0.367 e. The highest BCUT2D eigenvalue weighted by atomic mass is 35.5. The molecule has 3 rings (SSSR count). The maximum Gasteiger partial charge on any atom is 0.137 e. The zero-order chi connectivity index (χ0) is 14.8. The molecule has 2 atom stereocenters. The van der Waals surface area contributed by atoms with Gasteiger partial charge in [-0.15, -0.1) is 0 Å². The Morgan fingerprint density at radius 1 is 1.29 bits per heavy atom. The van der Waals surface area contributed by atoms with Gasteiger partial charge in [0.05, 0.1) is 0 Å². The van der Waals surface area contributed by atoms with Crippen LogP contribution < -0.4 is 5.32 Å². The van der Waals surface area contributed by atoms with Crippen LogP contribution >= 0.6 is 11.6 Å². The Hall–Kier alpha value is -0.870. The highest BCUT2D eigenvalue weighted by molar-refractivity contribution is 6.30. The molecule has 21 heavy (non-hydrogen) atoms. The maximum atomic E-state index is 6.26. The highest BCUT2D eigenvalue weighted by Crippen LogP contribution is 2.29. The first-order chi connectivity index (χ1) is 10.2. The zero-order valence-corrected chi connectivity index (χ0v) is 13.8. The predicted octanol–water partition coefficient (Wildman–Crippen LogP) is 3.43. The quantitative estimate of drug-likeness (QED) is 0.865. The molecule has 0 spiro atoms. The number of nitrogens with one attached hydrogen (secondary N) is 1. The smallest absolute Gasteiger partial charge is 0.137 e. The Labute approximate surface area is 132 Å². The SMILES string of the molecule is CCCc1nc(Cl)c(C)c(NC2CCN3CCCC3C2)n1. The third kappa shape index (κ3) is 3.32. The molecule has 2 aliphatic heterocycles. The Kier molecular flexibility index (Phi) is 4.65. The molecule has 5 heteroatoms. The molecular formula is C16H25ClN4. The van der Waals surface area contributed by atoms with Gasteiger partial charge in [-0.25, -0.2) is 9.97 Å². The van der Waals surface area contributed by atoms with Gasteiger partial charge in [0.15, 0.2) is 0 Å². The van der Waals surface area contributed by atoms with E-state index in [0.29, 0.717) is 11.2 Å². The number of aryl methyl sites for hydroxylation is 1. The van der Waals surface area contributed by atoms with Gasteiger partial charge in [0.1, 0.15) is 16.8 Å². The van der Waals surface area contributed by atoms with Crippen molar-refractivity contribution in [1.29, 1.82) is 0 Å². The second-order valence-corrected chi connectivity index (χ2v) is 6.71. The molecule has 2 aliphatic rings. The van der Waals surface area contributed by atoms with Crippen molar-refractivity contribution in [3.63, 3.8) is 0 Å². The van der Waals surface area contributed by atoms with E-state index in [9.17, 15) is 0 Å². The fourth-order valence-corrected chi connectivity index (χ4v) is 3.74. The van der Waals surface area contributed by atoms with Gasteiger partial charge in [-0.3, -0.25) is 0 Å². The summed E-state index contributed by atoms with van der Waals surface area (Å²) in [5.41, 5.74) is 0.977. The summed E-state index contributed by atoms with van der Waals surface area (Å²) in [5, 5.41) is 4.23. The average Bonchev–Trinajstić information content (AvgIpc) is 2.92. The van der Waals surface area contributed by atoms with Crippen LogP contribution in [0.4, 0.5) is 5.82 Å². The van der Waals surface area contributed by atoms with E-state index in [4.69, 9.17) is 11.6 Å². The monoisotopic (exact) mass is 308 g/mol. The first-order valence-electron chi connectivity index (χ1n) is 8.21. The van der Waals surface area contributed by atoms with E-state index < -0.39 is 0 Å². The number of aromatic nitrogens is 2. The fraction of sp³-hybridized carbons (Fsp3) is 0.750. The molecule has 0 amide bonds. The van der Waals surface area contributed by atoms with Crippen LogP contribution in [0.15, 0.2) is 0 Å². The van der Waals surface area contributed by atoms with E-state index in [1.54, 1.807) is 0 Å². The summed E-state index contributed by atoms with van der Waals surface area (Å²) in [6.45, 7) is 6.64. The predicted molar refractivity (Wildman–Crippen MR) is 87.0 cm³/mol. The fourth-order valence-electron chi connectivity index (χ4n) is 3.56. The molecule has 4 nitrogen and oxygen atoms in total. The lowest BCUT2D eigenvalue weighted by Crippen LogP contribution is -2.43. The Bertz CT molecular complexity index is 505. The van der Waals surface area contributed by atoms with Crippen LogP contribution in [0.3, 0.4) is 0 Å². The molecule has 1 N–H and O–H groups in total. The molecule has 3 heterocycles. The van der Waals surface area contributed by atoms with Crippen LogP contribution in [-0.2, 0) is 6.42 Å². The molecule has 1 aromatic heterocycles. The minimum absolute atomic E-state index is 0.517. The van der Waals surface area contributed by atoms with Crippen LogP contribution in [0, 0.1) is 6.92 Å². The topological polar surface area (TPSA) is 41.1 Å². The van der Waals surface area contributed by atoms with Gasteiger partial charge in [0.2, 0.25) is 0 Å². The van der Waals surface area contributed by atoms with E-state index >= 15 is 0 Å². The van der Waals surface area contributed by atoms with Crippen LogP contribution in [0.25, 0.3) is 0 Å². The lowest BCUT2D eigenvalue weighted by atomic mass is 9.97. The second-order valence-electron chi connectivity index (χ2n) is 6.35. The molecule has 0 bridgehead atoms. The standard InChI is InChI=1S/C16H25ClN4/c1-3-5-14-19-15(17)11(2)16(20-14)18-12-7-9-21-8-4-6-13(21)10-12/h12-13H,3-10H2,1-2H3,(H,18,19,20). The van der Waals surface area contributed by atoms with E-state index in [-0.39, 0.29) is 0 Å². The summed E-state index contributed by atoms with van der Waals surface area (Å²) in [6, 6.07) is 1.28. The minimum atomic E-state index is 0.517. The van der Waals surface area contributed by atoms with Gasteiger partial charge in [0.25, 0.3) is 0 Å². The summed E-state index contributed by atoms with van der Waals surface area (Å²) < 4.78 is 0. The number of hydrogen-bond acceptors (Lipinski definition) is 4. The van der Waals surface area contributed by atoms with Gasteiger partial charge in [-0.1, -0.05) is 18.5 Å². The minimum Gasteiger partial charge on any atom is -0.367 e. The Morgan fingerprint density at radius 2 is 2.14 bits per heavy atom. The van der Waals surface area contributed by atoms with Crippen molar-refractivity contribution in [2.45, 2.75) is 64.5 Å². The highest BCUT2D eigenvalue weighted by Gasteiger charge is 2.31. The average molecular weight is 309 g/mol. The van der Waals surface area contributed by atoms with Gasteiger partial charge in [-0.05, 0) is 45.6 Å². The lowest BCUT2D eigenvalue weighted by Gasteiger charge is -2.35. The Balaban J connectivity index is 1.72. The summed E-state index contributed by atoms with van der Waals surface area (Å²) in [5.74, 6) is 1.80. The van der Waals surface area contributed by atoms with Crippen molar-refractivity contribution >= 4 is 17.4 Å².